The number of urea groups is 1. The van der Waals surface area contributed by atoms with Gasteiger partial charge in [-0.05, 0) is 45.4 Å². The number of hydrogen-bond donors (Lipinski definition) is 2. The molecule has 3 amide bonds. The summed E-state index contributed by atoms with van der Waals surface area (Å²) in [6.07, 6.45) is 2.08. The third kappa shape index (κ3) is 7.28. The summed E-state index contributed by atoms with van der Waals surface area (Å²) in [7, 11) is 0. The molecule has 35 heavy (non-hydrogen) atoms. The Morgan fingerprint density at radius 2 is 1.91 bits per heavy atom. The van der Waals surface area contributed by atoms with E-state index in [0.29, 0.717) is 32.0 Å². The molecule has 0 radical (unpaired) electrons. The van der Waals surface area contributed by atoms with Crippen LogP contribution in [0, 0.1) is 5.82 Å². The summed E-state index contributed by atoms with van der Waals surface area (Å²) < 4.78 is 20.2. The molecule has 0 atom stereocenters. The van der Waals surface area contributed by atoms with Crippen molar-refractivity contribution in [1.29, 1.82) is 0 Å². The molecule has 2 aromatic rings. The van der Waals surface area contributed by atoms with E-state index in [1.165, 1.54) is 10.4 Å². The fraction of sp³-hybridized carbons (Fsp3) is 0.435. The van der Waals surface area contributed by atoms with Gasteiger partial charge in [0.1, 0.15) is 17.2 Å². The maximum atomic E-state index is 13.5. The third-order valence-corrected chi connectivity index (χ3v) is 6.33. The number of hydrogen-bond acceptors (Lipinski definition) is 6. The van der Waals surface area contributed by atoms with E-state index in [1.54, 1.807) is 17.2 Å². The Labute approximate surface area is 219 Å². The normalized spacial score (nSPS) is 14.4. The minimum absolute atomic E-state index is 0.0945. The fourth-order valence-electron chi connectivity index (χ4n) is 3.51. The Kier molecular flexibility index (Phi) is 8.95. The lowest BCUT2D eigenvalue weighted by Gasteiger charge is -2.27. The zero-order valence-corrected chi connectivity index (χ0v) is 22.1. The van der Waals surface area contributed by atoms with E-state index < -0.39 is 17.4 Å². The van der Waals surface area contributed by atoms with E-state index in [0.717, 1.165) is 18.1 Å². The van der Waals surface area contributed by atoms with Crippen LogP contribution in [-0.2, 0) is 11.3 Å². The Hall–Kier alpha value is -2.43. The number of carbonyl (C=O) groups excluding carboxylic acids is 2. The molecule has 1 saturated heterocycles. The second-order valence-electron chi connectivity index (χ2n) is 9.00. The van der Waals surface area contributed by atoms with Gasteiger partial charge < -0.3 is 19.9 Å². The number of aromatic nitrogens is 1. The Balaban J connectivity index is 1.67. The number of amides is 3. The van der Waals surface area contributed by atoms with Crippen LogP contribution in [0.3, 0.4) is 0 Å². The summed E-state index contributed by atoms with van der Waals surface area (Å²) in [5, 5.41) is 2.21. The molecule has 1 aliphatic rings. The van der Waals surface area contributed by atoms with Crippen LogP contribution < -0.4 is 10.2 Å². The van der Waals surface area contributed by atoms with Crippen molar-refractivity contribution in [3.8, 4) is 0 Å². The minimum atomic E-state index is -0.680. The first kappa shape index (κ1) is 27.2. The van der Waals surface area contributed by atoms with E-state index in [1.807, 2.05) is 26.8 Å². The highest BCUT2D eigenvalue weighted by Gasteiger charge is 2.26. The van der Waals surface area contributed by atoms with Crippen LogP contribution in [0.2, 0.25) is 10.0 Å². The van der Waals surface area contributed by atoms with Gasteiger partial charge in [0.05, 0.1) is 22.3 Å². The van der Waals surface area contributed by atoms with Gasteiger partial charge in [-0.2, -0.15) is 0 Å². The second kappa shape index (κ2) is 11.5. The molecule has 0 bridgehead atoms. The number of halogens is 3. The predicted octanol–water partition coefficient (Wildman–Crippen LogP) is 5.85. The number of thiol groups is 1. The first-order chi connectivity index (χ1) is 16.5. The zero-order valence-electron chi connectivity index (χ0n) is 19.7. The molecule has 0 unspecified atom stereocenters. The number of pyridine rings is 1. The van der Waals surface area contributed by atoms with Crippen LogP contribution in [-0.4, -0.2) is 58.1 Å². The van der Waals surface area contributed by atoms with E-state index in [-0.39, 0.29) is 28.4 Å². The van der Waals surface area contributed by atoms with Gasteiger partial charge in [-0.15, -0.1) is 0 Å². The van der Waals surface area contributed by atoms with E-state index >= 15 is 0 Å². The average molecular weight is 544 g/mol. The molecule has 0 aliphatic carbocycles. The van der Waals surface area contributed by atoms with Gasteiger partial charge in [-0.1, -0.05) is 42.1 Å². The smallest absolute Gasteiger partial charge is 0.410 e. The summed E-state index contributed by atoms with van der Waals surface area (Å²) in [6.45, 7) is 7.97. The van der Waals surface area contributed by atoms with E-state index in [4.69, 9.17) is 27.9 Å². The number of benzene rings is 1. The third-order valence-electron chi connectivity index (χ3n) is 5.15. The number of rotatable bonds is 4. The van der Waals surface area contributed by atoms with Crippen molar-refractivity contribution in [2.75, 3.05) is 36.4 Å². The molecule has 1 N–H and O–H groups in total. The number of anilines is 2. The fourth-order valence-corrected chi connectivity index (χ4v) is 4.08. The summed E-state index contributed by atoms with van der Waals surface area (Å²) in [5.41, 5.74) is 0.381. The maximum Gasteiger partial charge on any atom is 0.410 e. The first-order valence-electron chi connectivity index (χ1n) is 11.0. The highest BCUT2D eigenvalue weighted by atomic mass is 35.5. The summed E-state index contributed by atoms with van der Waals surface area (Å²) in [5.74, 6) is 0.0216. The Morgan fingerprint density at radius 3 is 2.63 bits per heavy atom. The van der Waals surface area contributed by atoms with Gasteiger partial charge in [-0.3, -0.25) is 4.31 Å². The molecule has 12 heteroatoms. The number of carbonyl (C=O) groups is 2. The van der Waals surface area contributed by atoms with Crippen molar-refractivity contribution in [2.45, 2.75) is 39.3 Å². The van der Waals surface area contributed by atoms with Gasteiger partial charge in [0.15, 0.2) is 0 Å². The molecule has 3 rings (SSSR count). The molecular weight excluding hydrogens is 516 g/mol. The van der Waals surface area contributed by atoms with E-state index in [9.17, 15) is 14.0 Å². The highest BCUT2D eigenvalue weighted by molar-refractivity contribution is 7.78. The Bertz CT molecular complexity index is 1090. The minimum Gasteiger partial charge on any atom is -0.444 e. The standard InChI is InChI=1S/C23H28Cl2FN5O3S/c1-23(2,3)34-22(33)30-11-5-10-29(12-13-30)20-15(6-4-9-27-20)14-31(35)21(32)28-17-8-7-16(26)18(24)19(17)25/h4,6-9,35H,5,10-14H2,1-3H3,(H,28,32). The topological polar surface area (TPSA) is 78.0 Å². The monoisotopic (exact) mass is 543 g/mol. The number of ether oxygens (including phenoxy) is 1. The molecule has 1 aliphatic heterocycles. The SMILES string of the molecule is CC(C)(C)OC(=O)N1CCCN(c2ncccc2CN(S)C(=O)Nc2ccc(F)c(Cl)c2Cl)CC1. The molecule has 8 nitrogen and oxygen atoms in total. The van der Waals surface area contributed by atoms with E-state index in [2.05, 4.69) is 28.0 Å². The molecular formula is C23H28Cl2FN5O3S. The van der Waals surface area contributed by atoms with Gasteiger partial charge in [0, 0.05) is 37.9 Å². The van der Waals surface area contributed by atoms with Gasteiger partial charge in [0.2, 0.25) is 0 Å². The van der Waals surface area contributed by atoms with Crippen LogP contribution in [0.25, 0.3) is 0 Å². The van der Waals surface area contributed by atoms with Gasteiger partial charge in [-0.25, -0.2) is 19.0 Å². The molecule has 1 fully saturated rings. The molecule has 0 saturated carbocycles. The molecule has 2 heterocycles. The Morgan fingerprint density at radius 1 is 1.17 bits per heavy atom. The largest absolute Gasteiger partial charge is 0.444 e. The van der Waals surface area contributed by atoms with Crippen molar-refractivity contribution < 1.29 is 18.7 Å². The van der Waals surface area contributed by atoms with Gasteiger partial charge >= 0.3 is 12.1 Å². The lowest BCUT2D eigenvalue weighted by Crippen LogP contribution is -2.39. The van der Waals surface area contributed by atoms with Crippen LogP contribution >= 0.6 is 36.0 Å². The second-order valence-corrected chi connectivity index (χ2v) is 10.2. The van der Waals surface area contributed by atoms with Crippen LogP contribution in [0.15, 0.2) is 30.5 Å². The average Bonchev–Trinajstić information content (AvgIpc) is 3.05. The van der Waals surface area contributed by atoms with Crippen molar-refractivity contribution in [2.24, 2.45) is 0 Å². The summed E-state index contributed by atoms with van der Waals surface area (Å²) in [4.78, 5) is 33.5. The molecule has 1 aromatic carbocycles. The maximum absolute atomic E-state index is 13.5. The quantitative estimate of drug-likeness (QED) is 0.373. The van der Waals surface area contributed by atoms with Crippen molar-refractivity contribution in [3.05, 3.63) is 51.9 Å². The lowest BCUT2D eigenvalue weighted by atomic mass is 10.2. The number of nitrogens with one attached hydrogen (secondary N) is 1. The zero-order chi connectivity index (χ0) is 25.8. The molecule has 190 valence electrons. The highest BCUT2D eigenvalue weighted by Crippen LogP contribution is 2.32. The number of nitrogens with zero attached hydrogens (tertiary/aromatic N) is 4. The lowest BCUT2D eigenvalue weighted by molar-refractivity contribution is 0.0263. The summed E-state index contributed by atoms with van der Waals surface area (Å²) >= 11 is 16.2. The predicted molar refractivity (Wildman–Crippen MR) is 139 cm³/mol. The van der Waals surface area contributed by atoms with Crippen molar-refractivity contribution >= 4 is 59.6 Å². The van der Waals surface area contributed by atoms with Crippen molar-refractivity contribution in [1.82, 2.24) is 14.2 Å². The molecule has 1 aromatic heterocycles. The summed E-state index contributed by atoms with van der Waals surface area (Å²) in [6, 6.07) is 5.51. The molecule has 0 spiro atoms. The van der Waals surface area contributed by atoms with Crippen LogP contribution in [0.4, 0.5) is 25.5 Å². The first-order valence-corrected chi connectivity index (χ1v) is 12.2. The van der Waals surface area contributed by atoms with Gasteiger partial charge in [0.25, 0.3) is 0 Å². The van der Waals surface area contributed by atoms with Crippen LogP contribution in [0.1, 0.15) is 32.8 Å². The van der Waals surface area contributed by atoms with Crippen LogP contribution in [0.5, 0.6) is 0 Å². The van der Waals surface area contributed by atoms with Crippen molar-refractivity contribution in [3.63, 3.8) is 0 Å².